The summed E-state index contributed by atoms with van der Waals surface area (Å²) in [5.74, 6) is 0. The van der Waals surface area contributed by atoms with Crippen molar-refractivity contribution in [2.24, 2.45) is 7.05 Å². The average molecular weight is 385 g/mol. The van der Waals surface area contributed by atoms with Crippen molar-refractivity contribution in [3.8, 4) is 11.8 Å². The number of rotatable bonds is 1. The van der Waals surface area contributed by atoms with Crippen LogP contribution in [0.15, 0.2) is 78.9 Å². The maximum Gasteiger partial charge on any atom is 0.0992 e. The summed E-state index contributed by atoms with van der Waals surface area (Å²) >= 11 is 0. The van der Waals surface area contributed by atoms with Gasteiger partial charge in [0.15, 0.2) is 0 Å². The number of nitriles is 1. The predicted molar refractivity (Wildman–Crippen MR) is 124 cm³/mol. The molecule has 0 aliphatic rings. The van der Waals surface area contributed by atoms with E-state index in [2.05, 4.69) is 95.9 Å². The molecule has 0 spiro atoms. The molecule has 0 unspecified atom stereocenters. The molecule has 0 amide bonds. The van der Waals surface area contributed by atoms with Crippen molar-refractivity contribution in [3.63, 3.8) is 0 Å². The van der Waals surface area contributed by atoms with E-state index in [1.807, 2.05) is 12.1 Å². The van der Waals surface area contributed by atoms with Gasteiger partial charge in [0.1, 0.15) is 0 Å². The summed E-state index contributed by atoms with van der Waals surface area (Å²) in [5.41, 5.74) is 7.66. The molecule has 0 N–H and O–H groups in total. The summed E-state index contributed by atoms with van der Waals surface area (Å²) in [4.78, 5) is 0. The molecule has 30 heavy (non-hydrogen) atoms. The maximum atomic E-state index is 9.47. The summed E-state index contributed by atoms with van der Waals surface area (Å²) in [7, 11) is 2.12. The maximum absolute atomic E-state index is 9.47. The number of hydrogen-bond donors (Lipinski definition) is 0. The third kappa shape index (κ3) is 2.19. The molecule has 0 atom stereocenters. The van der Waals surface area contributed by atoms with Crippen LogP contribution in [0.3, 0.4) is 0 Å². The molecular weight excluding hydrogens is 366 g/mol. The molecule has 0 saturated carbocycles. The quantitative estimate of drug-likeness (QED) is 0.313. The fourth-order valence-electron chi connectivity index (χ4n) is 4.76. The zero-order chi connectivity index (χ0) is 20.4. The molecule has 3 heteroatoms. The van der Waals surface area contributed by atoms with E-state index >= 15 is 0 Å². The Labute approximate surface area is 174 Å². The van der Waals surface area contributed by atoms with Crippen molar-refractivity contribution in [1.29, 1.82) is 5.26 Å². The second-order valence-electron chi connectivity index (χ2n) is 7.98. The fourth-order valence-corrected chi connectivity index (χ4v) is 4.76. The summed E-state index contributed by atoms with van der Waals surface area (Å²) < 4.78 is 4.55. The minimum absolute atomic E-state index is 0.675. The zero-order valence-electron chi connectivity index (χ0n) is 16.8. The Kier molecular flexibility index (Phi) is 3.37. The number of aryl methyl sites for hydroxylation is 2. The van der Waals surface area contributed by atoms with Gasteiger partial charge in [-0.3, -0.25) is 0 Å². The molecule has 6 aromatic rings. The Bertz CT molecular complexity index is 1670. The second kappa shape index (κ2) is 5.98. The van der Waals surface area contributed by atoms with Gasteiger partial charge in [0.05, 0.1) is 28.2 Å². The lowest BCUT2D eigenvalue weighted by atomic mass is 10.1. The largest absolute Gasteiger partial charge is 0.344 e. The van der Waals surface area contributed by atoms with Gasteiger partial charge < -0.3 is 9.13 Å². The van der Waals surface area contributed by atoms with Crippen LogP contribution in [-0.4, -0.2) is 9.13 Å². The van der Waals surface area contributed by atoms with E-state index in [1.165, 1.54) is 43.7 Å². The van der Waals surface area contributed by atoms with Crippen LogP contribution in [-0.2, 0) is 7.05 Å². The van der Waals surface area contributed by atoms with Crippen molar-refractivity contribution in [1.82, 2.24) is 9.13 Å². The van der Waals surface area contributed by atoms with E-state index in [1.54, 1.807) is 0 Å². The van der Waals surface area contributed by atoms with E-state index < -0.39 is 0 Å². The highest BCUT2D eigenvalue weighted by atomic mass is 15.0. The molecule has 2 heterocycles. The van der Waals surface area contributed by atoms with Crippen LogP contribution in [0.5, 0.6) is 0 Å². The van der Waals surface area contributed by atoms with Crippen molar-refractivity contribution in [3.05, 3.63) is 90.0 Å². The van der Waals surface area contributed by atoms with Gasteiger partial charge in [0.2, 0.25) is 0 Å². The van der Waals surface area contributed by atoms with Crippen molar-refractivity contribution < 1.29 is 0 Å². The smallest absolute Gasteiger partial charge is 0.0992 e. The second-order valence-corrected chi connectivity index (χ2v) is 7.98. The molecule has 3 nitrogen and oxygen atoms in total. The molecule has 0 aliphatic carbocycles. The first-order valence-electron chi connectivity index (χ1n) is 10.1. The van der Waals surface area contributed by atoms with E-state index in [0.717, 1.165) is 11.2 Å². The Hall–Kier alpha value is -4.03. The molecule has 0 saturated heterocycles. The van der Waals surface area contributed by atoms with Gasteiger partial charge in [-0.05, 0) is 48.9 Å². The molecular formula is C27H19N3. The highest BCUT2D eigenvalue weighted by molar-refractivity contribution is 6.11. The van der Waals surface area contributed by atoms with Crippen LogP contribution in [0.25, 0.3) is 49.3 Å². The molecule has 6 rings (SSSR count). The number of fused-ring (bicyclic) bond motifs is 6. The summed E-state index contributed by atoms with van der Waals surface area (Å²) in [6.45, 7) is 2.12. The Morgan fingerprint density at radius 3 is 2.17 bits per heavy atom. The van der Waals surface area contributed by atoms with E-state index in [0.29, 0.717) is 5.56 Å². The van der Waals surface area contributed by atoms with E-state index in [9.17, 15) is 5.26 Å². The third-order valence-electron chi connectivity index (χ3n) is 6.21. The first kappa shape index (κ1) is 16.9. The molecule has 4 aromatic carbocycles. The number of hydrogen-bond acceptors (Lipinski definition) is 1. The molecule has 2 aromatic heterocycles. The first-order valence-corrected chi connectivity index (χ1v) is 10.1. The standard InChI is InChI=1S/C27H19N3/c1-17-7-10-22-23-11-8-18(16-28)14-27(23)30(26(22)13-17)19-9-12-21-20-5-3-4-6-24(20)29(2)25(21)15-19/h3-15H,1-2H3. The van der Waals surface area contributed by atoms with Crippen molar-refractivity contribution in [2.45, 2.75) is 6.92 Å². The van der Waals surface area contributed by atoms with Crippen molar-refractivity contribution in [2.75, 3.05) is 0 Å². The van der Waals surface area contributed by atoms with Gasteiger partial charge in [-0.25, -0.2) is 0 Å². The highest BCUT2D eigenvalue weighted by Gasteiger charge is 2.15. The molecule has 0 radical (unpaired) electrons. The molecule has 0 aliphatic heterocycles. The van der Waals surface area contributed by atoms with Crippen LogP contribution < -0.4 is 0 Å². The van der Waals surface area contributed by atoms with Gasteiger partial charge in [0, 0.05) is 39.8 Å². The Morgan fingerprint density at radius 2 is 1.33 bits per heavy atom. The fraction of sp³-hybridized carbons (Fsp3) is 0.0741. The normalized spacial score (nSPS) is 11.6. The summed E-state index contributed by atoms with van der Waals surface area (Å²) in [6, 6.07) is 30.0. The third-order valence-corrected chi connectivity index (χ3v) is 6.21. The number of para-hydroxylation sites is 1. The van der Waals surface area contributed by atoms with Crippen LogP contribution >= 0.6 is 0 Å². The number of benzene rings is 4. The topological polar surface area (TPSA) is 33.6 Å². The van der Waals surface area contributed by atoms with Gasteiger partial charge in [-0.1, -0.05) is 42.5 Å². The number of aromatic nitrogens is 2. The Balaban J connectivity index is 1.76. The van der Waals surface area contributed by atoms with Gasteiger partial charge in [0.25, 0.3) is 0 Å². The van der Waals surface area contributed by atoms with Crippen LogP contribution in [0, 0.1) is 18.3 Å². The highest BCUT2D eigenvalue weighted by Crippen LogP contribution is 2.35. The summed E-state index contributed by atoms with van der Waals surface area (Å²) in [5, 5.41) is 14.4. The predicted octanol–water partition coefficient (Wildman–Crippen LogP) is 6.61. The lowest BCUT2D eigenvalue weighted by Crippen LogP contribution is -1.95. The number of nitrogens with zero attached hydrogens (tertiary/aromatic N) is 3. The van der Waals surface area contributed by atoms with E-state index in [4.69, 9.17) is 0 Å². The van der Waals surface area contributed by atoms with Crippen LogP contribution in [0.1, 0.15) is 11.1 Å². The average Bonchev–Trinajstić information content (AvgIpc) is 3.25. The van der Waals surface area contributed by atoms with Gasteiger partial charge >= 0.3 is 0 Å². The molecule has 142 valence electrons. The van der Waals surface area contributed by atoms with Crippen LogP contribution in [0.2, 0.25) is 0 Å². The van der Waals surface area contributed by atoms with E-state index in [-0.39, 0.29) is 0 Å². The first-order chi connectivity index (χ1) is 14.7. The monoisotopic (exact) mass is 385 g/mol. The van der Waals surface area contributed by atoms with Crippen LogP contribution in [0.4, 0.5) is 0 Å². The Morgan fingerprint density at radius 1 is 0.667 bits per heavy atom. The zero-order valence-corrected chi connectivity index (χ0v) is 16.8. The minimum atomic E-state index is 0.675. The van der Waals surface area contributed by atoms with Gasteiger partial charge in [-0.2, -0.15) is 5.26 Å². The molecule has 0 fully saturated rings. The van der Waals surface area contributed by atoms with Crippen molar-refractivity contribution >= 4 is 43.6 Å². The molecule has 0 bridgehead atoms. The summed E-state index contributed by atoms with van der Waals surface area (Å²) in [6.07, 6.45) is 0. The van der Waals surface area contributed by atoms with Gasteiger partial charge in [-0.15, -0.1) is 0 Å². The lowest BCUT2D eigenvalue weighted by Gasteiger charge is -2.09. The SMILES string of the molecule is Cc1ccc2c3ccc(C#N)cc3n(-c3ccc4c5ccccc5n(C)c4c3)c2c1. The minimum Gasteiger partial charge on any atom is -0.344 e. The lowest BCUT2D eigenvalue weighted by molar-refractivity contribution is 1.01.